The Balaban J connectivity index is 1.64. The van der Waals surface area contributed by atoms with E-state index >= 15 is 0 Å². The van der Waals surface area contributed by atoms with Gasteiger partial charge in [0.1, 0.15) is 0 Å². The highest BCUT2D eigenvalue weighted by atomic mass is 15.2. The van der Waals surface area contributed by atoms with Crippen LogP contribution in [0.4, 0.5) is 0 Å². The van der Waals surface area contributed by atoms with E-state index in [9.17, 15) is 0 Å². The second-order valence-corrected chi connectivity index (χ2v) is 6.69. The summed E-state index contributed by atoms with van der Waals surface area (Å²) in [5.74, 6) is 0.901. The zero-order chi connectivity index (χ0) is 12.8. The van der Waals surface area contributed by atoms with Gasteiger partial charge in [-0.15, -0.1) is 0 Å². The lowest BCUT2D eigenvalue weighted by atomic mass is 9.96. The van der Waals surface area contributed by atoms with Gasteiger partial charge in [0.05, 0.1) is 0 Å². The van der Waals surface area contributed by atoms with Gasteiger partial charge in [0.2, 0.25) is 0 Å². The van der Waals surface area contributed by atoms with E-state index < -0.39 is 0 Å². The molecule has 1 saturated carbocycles. The monoisotopic (exact) mass is 252 g/mol. The van der Waals surface area contributed by atoms with E-state index in [0.29, 0.717) is 0 Å². The number of nitrogens with one attached hydrogen (secondary N) is 1. The average Bonchev–Trinajstić information content (AvgIpc) is 2.76. The van der Waals surface area contributed by atoms with Crippen molar-refractivity contribution in [2.75, 3.05) is 19.6 Å². The first-order valence-electron chi connectivity index (χ1n) is 8.23. The molecule has 0 aromatic rings. The topological polar surface area (TPSA) is 15.3 Å². The average molecular weight is 252 g/mol. The van der Waals surface area contributed by atoms with Crippen LogP contribution in [0, 0.1) is 5.92 Å². The predicted octanol–water partition coefficient (Wildman–Crippen LogP) is 3.42. The summed E-state index contributed by atoms with van der Waals surface area (Å²) in [6, 6.07) is 1.55. The van der Waals surface area contributed by atoms with Gasteiger partial charge in [-0.3, -0.25) is 0 Å². The molecule has 0 bridgehead atoms. The molecule has 0 spiro atoms. The van der Waals surface area contributed by atoms with Crippen molar-refractivity contribution in [3.8, 4) is 0 Å². The van der Waals surface area contributed by atoms with Gasteiger partial charge < -0.3 is 10.2 Å². The van der Waals surface area contributed by atoms with Crippen LogP contribution in [0.3, 0.4) is 0 Å². The predicted molar refractivity (Wildman–Crippen MR) is 78.9 cm³/mol. The van der Waals surface area contributed by atoms with E-state index in [0.717, 1.165) is 18.0 Å². The highest BCUT2D eigenvalue weighted by Crippen LogP contribution is 2.20. The minimum Gasteiger partial charge on any atom is -0.314 e. The second kappa shape index (κ2) is 7.49. The lowest BCUT2D eigenvalue weighted by Crippen LogP contribution is -2.35. The van der Waals surface area contributed by atoms with E-state index in [1.807, 2.05) is 0 Å². The highest BCUT2D eigenvalue weighted by molar-refractivity contribution is 4.81. The number of hydrogen-bond donors (Lipinski definition) is 1. The summed E-state index contributed by atoms with van der Waals surface area (Å²) in [5, 5.41) is 3.86. The Morgan fingerprint density at radius 1 is 1.00 bits per heavy atom. The lowest BCUT2D eigenvalue weighted by Gasteiger charge is -2.24. The van der Waals surface area contributed by atoms with Crippen molar-refractivity contribution in [2.24, 2.45) is 5.92 Å². The number of hydrogen-bond acceptors (Lipinski definition) is 2. The molecule has 1 saturated heterocycles. The first kappa shape index (κ1) is 14.3. The molecular formula is C16H32N2. The van der Waals surface area contributed by atoms with E-state index in [2.05, 4.69) is 24.1 Å². The number of rotatable bonds is 4. The van der Waals surface area contributed by atoms with Gasteiger partial charge >= 0.3 is 0 Å². The molecule has 2 aliphatic rings. The molecule has 1 N–H and O–H groups in total. The van der Waals surface area contributed by atoms with Crippen LogP contribution < -0.4 is 5.32 Å². The van der Waals surface area contributed by atoms with Crippen LogP contribution in [0.2, 0.25) is 0 Å². The first-order valence-corrected chi connectivity index (χ1v) is 8.23. The van der Waals surface area contributed by atoms with Crippen LogP contribution >= 0.6 is 0 Å². The van der Waals surface area contributed by atoms with Gasteiger partial charge in [0.25, 0.3) is 0 Å². The molecule has 0 aromatic heterocycles. The molecule has 0 amide bonds. The van der Waals surface area contributed by atoms with Crippen LogP contribution in [0.5, 0.6) is 0 Å². The van der Waals surface area contributed by atoms with Gasteiger partial charge in [-0.25, -0.2) is 0 Å². The van der Waals surface area contributed by atoms with Gasteiger partial charge in [0, 0.05) is 18.6 Å². The molecule has 2 fully saturated rings. The van der Waals surface area contributed by atoms with E-state index in [4.69, 9.17) is 0 Å². The maximum Gasteiger partial charge on any atom is 0.00671 e. The Kier molecular flexibility index (Phi) is 5.97. The van der Waals surface area contributed by atoms with Crippen LogP contribution in [0.15, 0.2) is 0 Å². The fourth-order valence-corrected chi connectivity index (χ4v) is 3.49. The SMILES string of the molecule is CC(C)N1CCC(CNC2CCCCCCC2)C1. The van der Waals surface area contributed by atoms with E-state index in [1.54, 1.807) is 0 Å². The fourth-order valence-electron chi connectivity index (χ4n) is 3.49. The lowest BCUT2D eigenvalue weighted by molar-refractivity contribution is 0.261. The fraction of sp³-hybridized carbons (Fsp3) is 1.00. The summed E-state index contributed by atoms with van der Waals surface area (Å²) in [5.41, 5.74) is 0. The standard InChI is InChI=1S/C16H32N2/c1-14(2)18-11-10-15(13-18)12-17-16-8-6-4-3-5-7-9-16/h14-17H,3-13H2,1-2H3. The van der Waals surface area contributed by atoms with Crippen molar-refractivity contribution in [2.45, 2.75) is 77.3 Å². The van der Waals surface area contributed by atoms with Crippen LogP contribution in [0.25, 0.3) is 0 Å². The Morgan fingerprint density at radius 2 is 1.67 bits per heavy atom. The third-order valence-corrected chi connectivity index (χ3v) is 4.85. The van der Waals surface area contributed by atoms with Crippen LogP contribution in [-0.2, 0) is 0 Å². The summed E-state index contributed by atoms with van der Waals surface area (Å²) in [6.07, 6.45) is 11.5. The molecule has 1 unspecified atom stereocenters. The number of likely N-dealkylation sites (tertiary alicyclic amines) is 1. The highest BCUT2D eigenvalue weighted by Gasteiger charge is 2.24. The Hall–Kier alpha value is -0.0800. The Labute approximate surface area is 114 Å². The van der Waals surface area contributed by atoms with E-state index in [-0.39, 0.29) is 0 Å². The van der Waals surface area contributed by atoms with Crippen LogP contribution in [-0.4, -0.2) is 36.6 Å². The molecule has 0 radical (unpaired) electrons. The molecule has 2 heteroatoms. The third kappa shape index (κ3) is 4.55. The minimum absolute atomic E-state index is 0.733. The summed E-state index contributed by atoms with van der Waals surface area (Å²) < 4.78 is 0. The summed E-state index contributed by atoms with van der Waals surface area (Å²) in [7, 11) is 0. The number of nitrogens with zero attached hydrogens (tertiary/aromatic N) is 1. The van der Waals surface area contributed by atoms with Crippen molar-refractivity contribution in [3.63, 3.8) is 0 Å². The maximum atomic E-state index is 3.86. The molecule has 1 aliphatic carbocycles. The van der Waals surface area contributed by atoms with Crippen molar-refractivity contribution < 1.29 is 0 Å². The first-order chi connectivity index (χ1) is 8.75. The molecule has 2 nitrogen and oxygen atoms in total. The largest absolute Gasteiger partial charge is 0.314 e. The molecule has 1 heterocycles. The summed E-state index contributed by atoms with van der Waals surface area (Å²) in [4.78, 5) is 2.63. The minimum atomic E-state index is 0.733. The van der Waals surface area contributed by atoms with Crippen LogP contribution in [0.1, 0.15) is 65.2 Å². The molecule has 1 atom stereocenters. The Morgan fingerprint density at radius 3 is 2.28 bits per heavy atom. The molecule has 0 aromatic carbocycles. The van der Waals surface area contributed by atoms with Crippen molar-refractivity contribution in [1.82, 2.24) is 10.2 Å². The maximum absolute atomic E-state index is 3.86. The molecular weight excluding hydrogens is 220 g/mol. The summed E-state index contributed by atoms with van der Waals surface area (Å²) >= 11 is 0. The molecule has 18 heavy (non-hydrogen) atoms. The zero-order valence-corrected chi connectivity index (χ0v) is 12.5. The van der Waals surface area contributed by atoms with Gasteiger partial charge in [0.15, 0.2) is 0 Å². The van der Waals surface area contributed by atoms with Gasteiger partial charge in [-0.2, -0.15) is 0 Å². The van der Waals surface area contributed by atoms with Gasteiger partial charge in [-0.05, 0) is 52.1 Å². The Bertz CT molecular complexity index is 219. The third-order valence-electron chi connectivity index (χ3n) is 4.85. The normalized spacial score (nSPS) is 28.5. The van der Waals surface area contributed by atoms with Crippen molar-refractivity contribution in [3.05, 3.63) is 0 Å². The molecule has 2 rings (SSSR count). The van der Waals surface area contributed by atoms with Crippen molar-refractivity contribution in [1.29, 1.82) is 0 Å². The summed E-state index contributed by atoms with van der Waals surface area (Å²) in [6.45, 7) is 8.54. The quantitative estimate of drug-likeness (QED) is 0.825. The molecule has 1 aliphatic heterocycles. The smallest absolute Gasteiger partial charge is 0.00671 e. The van der Waals surface area contributed by atoms with E-state index in [1.165, 1.54) is 71.0 Å². The second-order valence-electron chi connectivity index (χ2n) is 6.69. The van der Waals surface area contributed by atoms with Gasteiger partial charge in [-0.1, -0.05) is 32.1 Å². The molecule has 106 valence electrons. The van der Waals surface area contributed by atoms with Crippen molar-refractivity contribution >= 4 is 0 Å². The zero-order valence-electron chi connectivity index (χ0n) is 12.5.